The molecule has 14 heteroatoms. The Morgan fingerprint density at radius 2 is 1.62 bits per heavy atom. The monoisotopic (exact) mass is 740 g/mol. The molecule has 0 aromatic heterocycles. The number of hydrogen-bond donors (Lipinski definition) is 1. The molecule has 0 saturated heterocycles. The number of carbonyl (C=O) groups is 2. The minimum atomic E-state index is -4.69. The maximum Gasteiger partial charge on any atom is 0.273 e. The second-order valence-electron chi connectivity index (χ2n) is 11.7. The SMILES string of the molecule is CC[C@H](C)NC(=O)[C@H](Cc1ccccc1)N(Cc1cccc(Cl)c1)C(=O)CN(c1cc(Cl)ccc1OC)S(=O)(=O)c1ccc(C)c([N+](=O)[O-])c1. The average molecular weight is 742 g/mol. The molecule has 0 aliphatic carbocycles. The summed E-state index contributed by atoms with van der Waals surface area (Å²) in [4.78, 5) is 40.7. The third kappa shape index (κ3) is 9.32. The summed E-state index contributed by atoms with van der Waals surface area (Å²) in [5, 5.41) is 15.3. The standard InChI is InChI=1S/C36H38Cl2N4O7S/c1-5-25(3)39-36(44)33(19-26-10-7-6-8-11-26)40(22-27-12-9-13-28(37)18-27)35(43)23-41(32-20-29(38)15-17-34(32)49-4)50(47,48)30-16-14-24(2)31(21-30)42(45)46/h6-18,20-21,25,33H,5,19,22-23H2,1-4H3,(H,39,44)/t25-,33-/m0/s1. The van der Waals surface area contributed by atoms with E-state index in [-0.39, 0.29) is 41.0 Å². The zero-order valence-electron chi connectivity index (χ0n) is 28.0. The van der Waals surface area contributed by atoms with E-state index >= 15 is 0 Å². The van der Waals surface area contributed by atoms with Crippen molar-refractivity contribution in [1.29, 1.82) is 0 Å². The number of amides is 2. The lowest BCUT2D eigenvalue weighted by Crippen LogP contribution is -2.54. The van der Waals surface area contributed by atoms with Gasteiger partial charge in [0.15, 0.2) is 0 Å². The molecule has 2 amide bonds. The van der Waals surface area contributed by atoms with Crippen LogP contribution in [0.5, 0.6) is 5.75 Å². The topological polar surface area (TPSA) is 139 Å². The number of methoxy groups -OCH3 is 1. The molecule has 0 unspecified atom stereocenters. The summed E-state index contributed by atoms with van der Waals surface area (Å²) in [7, 11) is -3.36. The van der Waals surface area contributed by atoms with Crippen molar-refractivity contribution in [2.45, 2.75) is 57.1 Å². The van der Waals surface area contributed by atoms with Gasteiger partial charge >= 0.3 is 0 Å². The van der Waals surface area contributed by atoms with E-state index < -0.39 is 49.9 Å². The Bertz CT molecular complexity index is 1960. The maximum atomic E-state index is 14.7. The highest BCUT2D eigenvalue weighted by Crippen LogP contribution is 2.36. The summed E-state index contributed by atoms with van der Waals surface area (Å²) in [5.74, 6) is -1.09. The predicted octanol–water partition coefficient (Wildman–Crippen LogP) is 6.97. The van der Waals surface area contributed by atoms with Gasteiger partial charge in [-0.15, -0.1) is 0 Å². The third-order valence-electron chi connectivity index (χ3n) is 8.17. The summed E-state index contributed by atoms with van der Waals surface area (Å²) >= 11 is 12.6. The van der Waals surface area contributed by atoms with Crippen LogP contribution in [0.25, 0.3) is 0 Å². The van der Waals surface area contributed by atoms with Crippen molar-refractivity contribution in [2.75, 3.05) is 18.0 Å². The van der Waals surface area contributed by atoms with Crippen molar-refractivity contribution in [2.24, 2.45) is 0 Å². The molecule has 50 heavy (non-hydrogen) atoms. The van der Waals surface area contributed by atoms with Gasteiger partial charge in [0.25, 0.3) is 15.7 Å². The predicted molar refractivity (Wildman–Crippen MR) is 194 cm³/mol. The first kappa shape index (κ1) is 38.2. The van der Waals surface area contributed by atoms with E-state index in [4.69, 9.17) is 27.9 Å². The summed E-state index contributed by atoms with van der Waals surface area (Å²) in [5.41, 5.74) is 1.13. The van der Waals surface area contributed by atoms with Gasteiger partial charge in [0.1, 0.15) is 18.3 Å². The number of carbonyl (C=O) groups excluding carboxylic acids is 2. The maximum absolute atomic E-state index is 14.7. The lowest BCUT2D eigenvalue weighted by atomic mass is 10.0. The number of aryl methyl sites for hydroxylation is 1. The molecule has 0 saturated carbocycles. The molecule has 0 aliphatic heterocycles. The van der Waals surface area contributed by atoms with Crippen molar-refractivity contribution >= 4 is 56.4 Å². The molecule has 0 aliphatic rings. The van der Waals surface area contributed by atoms with Crippen LogP contribution in [0.1, 0.15) is 37.0 Å². The summed E-state index contributed by atoms with van der Waals surface area (Å²) in [6, 6.07) is 22.4. The molecule has 0 heterocycles. The van der Waals surface area contributed by atoms with Gasteiger partial charge in [0.05, 0.1) is 22.6 Å². The lowest BCUT2D eigenvalue weighted by molar-refractivity contribution is -0.385. The van der Waals surface area contributed by atoms with Gasteiger partial charge in [-0.05, 0) is 67.8 Å². The molecule has 0 radical (unpaired) electrons. The zero-order valence-corrected chi connectivity index (χ0v) is 30.3. The van der Waals surface area contributed by atoms with Crippen molar-refractivity contribution in [3.8, 4) is 5.75 Å². The van der Waals surface area contributed by atoms with Crippen LogP contribution < -0.4 is 14.4 Å². The van der Waals surface area contributed by atoms with Crippen LogP contribution in [0.3, 0.4) is 0 Å². The van der Waals surface area contributed by atoms with Gasteiger partial charge in [-0.2, -0.15) is 0 Å². The van der Waals surface area contributed by atoms with Crippen molar-refractivity contribution < 1.29 is 27.7 Å². The molecule has 11 nitrogen and oxygen atoms in total. The number of benzene rings is 4. The highest BCUT2D eigenvalue weighted by molar-refractivity contribution is 7.92. The number of nitrogens with zero attached hydrogens (tertiary/aromatic N) is 3. The van der Waals surface area contributed by atoms with Crippen LogP contribution in [0.15, 0.2) is 95.9 Å². The minimum absolute atomic E-state index is 0.0733. The number of nitro benzene ring substituents is 1. The molecule has 4 aromatic carbocycles. The minimum Gasteiger partial charge on any atom is -0.495 e. The fourth-order valence-corrected chi connectivity index (χ4v) is 7.09. The first-order chi connectivity index (χ1) is 23.7. The molecule has 264 valence electrons. The number of anilines is 1. The smallest absolute Gasteiger partial charge is 0.273 e. The van der Waals surface area contributed by atoms with E-state index in [1.54, 1.807) is 24.3 Å². The number of halogens is 2. The van der Waals surface area contributed by atoms with E-state index in [0.717, 1.165) is 15.9 Å². The van der Waals surface area contributed by atoms with Gasteiger partial charge in [-0.3, -0.25) is 24.0 Å². The molecular formula is C36H38Cl2N4O7S. The van der Waals surface area contributed by atoms with Gasteiger partial charge in [-0.1, -0.05) is 78.7 Å². The Labute approximate surface area is 302 Å². The van der Waals surface area contributed by atoms with Crippen molar-refractivity contribution in [1.82, 2.24) is 10.2 Å². The molecule has 0 fully saturated rings. The molecule has 2 atom stereocenters. The van der Waals surface area contributed by atoms with E-state index in [9.17, 15) is 28.1 Å². The largest absolute Gasteiger partial charge is 0.495 e. The van der Waals surface area contributed by atoms with Crippen molar-refractivity contribution in [3.63, 3.8) is 0 Å². The van der Waals surface area contributed by atoms with Crippen LogP contribution in [-0.4, -0.2) is 55.8 Å². The number of ether oxygens (including phenoxy) is 1. The summed E-state index contributed by atoms with van der Waals surface area (Å²) < 4.78 is 35.2. The fraction of sp³-hybridized carbons (Fsp3) is 0.278. The Morgan fingerprint density at radius 1 is 0.940 bits per heavy atom. The van der Waals surface area contributed by atoms with Crippen LogP contribution in [0.4, 0.5) is 11.4 Å². The molecule has 4 rings (SSSR count). The first-order valence-electron chi connectivity index (χ1n) is 15.7. The van der Waals surface area contributed by atoms with Crippen LogP contribution in [0, 0.1) is 17.0 Å². The zero-order chi connectivity index (χ0) is 36.6. The average Bonchev–Trinajstić information content (AvgIpc) is 3.08. The van der Waals surface area contributed by atoms with E-state index in [1.165, 1.54) is 49.3 Å². The van der Waals surface area contributed by atoms with Crippen molar-refractivity contribution in [3.05, 3.63) is 128 Å². The van der Waals surface area contributed by atoms with Gasteiger partial charge in [0.2, 0.25) is 11.8 Å². The molecule has 1 N–H and O–H groups in total. The molecule has 4 aromatic rings. The van der Waals surface area contributed by atoms with Crippen LogP contribution in [-0.2, 0) is 32.6 Å². The molecular weight excluding hydrogens is 703 g/mol. The van der Waals surface area contributed by atoms with Gasteiger partial charge in [-0.25, -0.2) is 8.42 Å². The quantitative estimate of drug-likeness (QED) is 0.103. The normalized spacial score (nSPS) is 12.4. The number of rotatable bonds is 15. The summed E-state index contributed by atoms with van der Waals surface area (Å²) in [6.07, 6.45) is 0.752. The van der Waals surface area contributed by atoms with Gasteiger partial charge < -0.3 is 15.0 Å². The molecule has 0 bridgehead atoms. The van der Waals surface area contributed by atoms with Crippen LogP contribution in [0.2, 0.25) is 10.0 Å². The van der Waals surface area contributed by atoms with Crippen LogP contribution >= 0.6 is 23.2 Å². The highest BCUT2D eigenvalue weighted by atomic mass is 35.5. The third-order valence-corrected chi connectivity index (χ3v) is 10.4. The van der Waals surface area contributed by atoms with E-state index in [0.29, 0.717) is 17.0 Å². The Morgan fingerprint density at radius 3 is 2.26 bits per heavy atom. The van der Waals surface area contributed by atoms with Gasteiger partial charge in [0, 0.05) is 40.7 Å². The lowest BCUT2D eigenvalue weighted by Gasteiger charge is -2.34. The Kier molecular flexibility index (Phi) is 12.9. The Balaban J connectivity index is 1.90. The molecule has 0 spiro atoms. The van der Waals surface area contributed by atoms with E-state index in [2.05, 4.69) is 5.32 Å². The highest BCUT2D eigenvalue weighted by Gasteiger charge is 2.36. The van der Waals surface area contributed by atoms with E-state index in [1.807, 2.05) is 44.2 Å². The summed E-state index contributed by atoms with van der Waals surface area (Å²) in [6.45, 7) is 4.34. The second-order valence-corrected chi connectivity index (χ2v) is 14.4. The number of hydrogen-bond acceptors (Lipinski definition) is 7. The number of nitrogens with one attached hydrogen (secondary N) is 1. The number of nitro groups is 1. The first-order valence-corrected chi connectivity index (χ1v) is 17.9. The fourth-order valence-electron chi connectivity index (χ4n) is 5.27. The second kappa shape index (κ2) is 16.8. The number of sulfonamides is 1. The Hall–Kier alpha value is -4.65.